The molecule has 0 radical (unpaired) electrons. The lowest BCUT2D eigenvalue weighted by molar-refractivity contribution is -0.138. The molecule has 0 aliphatic carbocycles. The van der Waals surface area contributed by atoms with E-state index in [-0.39, 0.29) is 24.1 Å². The van der Waals surface area contributed by atoms with Gasteiger partial charge in [0.15, 0.2) is 0 Å². The van der Waals surface area contributed by atoms with Crippen LogP contribution in [-0.4, -0.2) is 29.7 Å². The molecule has 9 heteroatoms. The molecular formula is C22H20F4N4O. The number of hydrogen-bond donors (Lipinski definition) is 1. The zero-order valence-electron chi connectivity index (χ0n) is 16.4. The summed E-state index contributed by atoms with van der Waals surface area (Å²) in [6.45, 7) is 1.47. The van der Waals surface area contributed by atoms with Gasteiger partial charge in [-0.1, -0.05) is 36.4 Å². The van der Waals surface area contributed by atoms with E-state index in [2.05, 4.69) is 20.2 Å². The van der Waals surface area contributed by atoms with Crippen LogP contribution >= 0.6 is 0 Å². The second-order valence-electron chi connectivity index (χ2n) is 7.09. The number of nitrogens with one attached hydrogen (secondary N) is 1. The van der Waals surface area contributed by atoms with Crippen molar-refractivity contribution in [1.29, 1.82) is 0 Å². The third-order valence-electron chi connectivity index (χ3n) is 5.06. The summed E-state index contributed by atoms with van der Waals surface area (Å²) in [7, 11) is 0. The Morgan fingerprint density at radius 3 is 2.68 bits per heavy atom. The van der Waals surface area contributed by atoms with Crippen molar-refractivity contribution in [3.05, 3.63) is 83.3 Å². The molecule has 2 aromatic carbocycles. The van der Waals surface area contributed by atoms with Gasteiger partial charge in [-0.05, 0) is 29.3 Å². The van der Waals surface area contributed by atoms with Crippen LogP contribution in [0.5, 0.6) is 0 Å². The molecule has 0 spiro atoms. The van der Waals surface area contributed by atoms with Crippen LogP contribution in [-0.2, 0) is 17.5 Å². The second kappa shape index (κ2) is 8.89. The molecule has 1 N–H and O–H groups in total. The molecule has 1 aliphatic rings. The van der Waals surface area contributed by atoms with Crippen LogP contribution in [0, 0.1) is 5.82 Å². The number of anilines is 2. The predicted molar refractivity (Wildman–Crippen MR) is 108 cm³/mol. The van der Waals surface area contributed by atoms with E-state index in [1.165, 1.54) is 0 Å². The van der Waals surface area contributed by atoms with Crippen LogP contribution in [0.4, 0.5) is 29.3 Å². The summed E-state index contributed by atoms with van der Waals surface area (Å²) < 4.78 is 58.6. The van der Waals surface area contributed by atoms with Crippen molar-refractivity contribution >= 4 is 11.8 Å². The van der Waals surface area contributed by atoms with Gasteiger partial charge in [-0.3, -0.25) is 0 Å². The average Bonchev–Trinajstić information content (AvgIpc) is 2.78. The fourth-order valence-electron chi connectivity index (χ4n) is 3.56. The zero-order chi connectivity index (χ0) is 21.8. The Hall–Kier alpha value is -3.20. The molecule has 1 saturated heterocycles. The van der Waals surface area contributed by atoms with Gasteiger partial charge in [0.2, 0.25) is 5.95 Å². The highest BCUT2D eigenvalue weighted by molar-refractivity contribution is 5.46. The number of hydrogen-bond acceptors (Lipinski definition) is 5. The molecule has 4 rings (SSSR count). The minimum Gasteiger partial charge on any atom is -0.377 e. The first-order valence-corrected chi connectivity index (χ1v) is 9.74. The maximum Gasteiger partial charge on any atom is 0.416 e. The van der Waals surface area contributed by atoms with Crippen molar-refractivity contribution in [2.75, 3.05) is 30.0 Å². The largest absolute Gasteiger partial charge is 0.416 e. The Labute approximate surface area is 176 Å². The Balaban J connectivity index is 1.54. The predicted octanol–water partition coefficient (Wildman–Crippen LogP) is 4.82. The smallest absolute Gasteiger partial charge is 0.377 e. The number of benzene rings is 2. The van der Waals surface area contributed by atoms with Gasteiger partial charge in [0.25, 0.3) is 0 Å². The lowest BCUT2D eigenvalue weighted by atomic mass is 10.1. The van der Waals surface area contributed by atoms with E-state index in [0.29, 0.717) is 31.6 Å². The van der Waals surface area contributed by atoms with Gasteiger partial charge < -0.3 is 15.0 Å². The van der Waals surface area contributed by atoms with Crippen molar-refractivity contribution in [2.24, 2.45) is 0 Å². The van der Waals surface area contributed by atoms with E-state index in [4.69, 9.17) is 4.74 Å². The minimum atomic E-state index is -4.65. The van der Waals surface area contributed by atoms with Crippen molar-refractivity contribution in [1.82, 2.24) is 9.97 Å². The molecule has 0 bridgehead atoms. The van der Waals surface area contributed by atoms with Crippen LogP contribution in [0.1, 0.15) is 22.7 Å². The van der Waals surface area contributed by atoms with Gasteiger partial charge in [0.1, 0.15) is 11.6 Å². The highest BCUT2D eigenvalue weighted by Gasteiger charge is 2.33. The minimum absolute atomic E-state index is 0.0355. The molecule has 0 saturated carbocycles. The fraction of sp³-hybridized carbons (Fsp3) is 0.273. The van der Waals surface area contributed by atoms with Crippen LogP contribution in [0.15, 0.2) is 60.8 Å². The average molecular weight is 432 g/mol. The molecular weight excluding hydrogens is 412 g/mol. The maximum atomic E-state index is 13.3. The monoisotopic (exact) mass is 432 g/mol. The van der Waals surface area contributed by atoms with E-state index < -0.39 is 17.6 Å². The number of alkyl halides is 3. The van der Waals surface area contributed by atoms with Crippen molar-refractivity contribution in [2.45, 2.75) is 18.8 Å². The summed E-state index contributed by atoms with van der Waals surface area (Å²) in [5.41, 5.74) is -0.0265. The first kappa shape index (κ1) is 21.0. The third kappa shape index (κ3) is 4.93. The molecule has 162 valence electrons. The molecule has 0 amide bonds. The van der Waals surface area contributed by atoms with Gasteiger partial charge in [0, 0.05) is 19.3 Å². The third-order valence-corrected chi connectivity index (χ3v) is 5.06. The van der Waals surface area contributed by atoms with E-state index in [1.807, 2.05) is 30.3 Å². The number of ether oxygens (including phenoxy) is 1. The Kier molecular flexibility index (Phi) is 6.03. The Morgan fingerprint density at radius 1 is 1.10 bits per heavy atom. The number of aromatic nitrogens is 2. The molecule has 1 atom stereocenters. The summed E-state index contributed by atoms with van der Waals surface area (Å²) in [5.74, 6) is -0.105. The van der Waals surface area contributed by atoms with Crippen molar-refractivity contribution < 1.29 is 22.3 Å². The van der Waals surface area contributed by atoms with Gasteiger partial charge >= 0.3 is 6.18 Å². The van der Waals surface area contributed by atoms with E-state index in [9.17, 15) is 17.6 Å². The van der Waals surface area contributed by atoms with Crippen LogP contribution in [0.2, 0.25) is 0 Å². The zero-order valence-corrected chi connectivity index (χ0v) is 16.4. The molecule has 5 nitrogen and oxygen atoms in total. The lowest BCUT2D eigenvalue weighted by Gasteiger charge is -2.36. The number of morpholine rings is 1. The van der Waals surface area contributed by atoms with Gasteiger partial charge in [-0.15, -0.1) is 0 Å². The van der Waals surface area contributed by atoms with Crippen LogP contribution in [0.25, 0.3) is 0 Å². The summed E-state index contributed by atoms with van der Waals surface area (Å²) in [4.78, 5) is 10.7. The van der Waals surface area contributed by atoms with E-state index in [0.717, 1.165) is 17.7 Å². The Bertz CT molecular complexity index is 1030. The van der Waals surface area contributed by atoms with E-state index >= 15 is 0 Å². The van der Waals surface area contributed by atoms with Gasteiger partial charge in [0.05, 0.1) is 24.8 Å². The quantitative estimate of drug-likeness (QED) is 0.586. The summed E-state index contributed by atoms with van der Waals surface area (Å²) in [6.07, 6.45) is -3.10. The number of nitrogens with zero attached hydrogens (tertiary/aromatic N) is 3. The Morgan fingerprint density at radius 2 is 1.90 bits per heavy atom. The van der Waals surface area contributed by atoms with Gasteiger partial charge in [-0.2, -0.15) is 18.2 Å². The molecule has 3 aromatic rings. The number of rotatable bonds is 5. The van der Waals surface area contributed by atoms with Crippen LogP contribution < -0.4 is 10.2 Å². The molecule has 1 fully saturated rings. The van der Waals surface area contributed by atoms with Gasteiger partial charge in [-0.25, -0.2) is 9.37 Å². The lowest BCUT2D eigenvalue weighted by Crippen LogP contribution is -2.40. The fourth-order valence-corrected chi connectivity index (χ4v) is 3.56. The SMILES string of the molecule is Fc1ccc(CNc2nccc(N3CCOC[C@@H]3c3ccccc3)n2)c(C(F)(F)F)c1. The molecule has 1 aromatic heterocycles. The van der Waals surface area contributed by atoms with E-state index in [1.54, 1.807) is 12.3 Å². The highest BCUT2D eigenvalue weighted by Crippen LogP contribution is 2.33. The molecule has 1 aliphatic heterocycles. The molecule has 2 heterocycles. The van der Waals surface area contributed by atoms with Crippen LogP contribution in [0.3, 0.4) is 0 Å². The standard InChI is InChI=1S/C22H20F4N4O/c23-17-7-6-16(18(12-17)22(24,25)26)13-28-21-27-9-8-20(29-21)30-10-11-31-14-19(30)15-4-2-1-3-5-15/h1-9,12,19H,10-11,13-14H2,(H,27,28,29)/t19-/m1/s1. The molecule has 31 heavy (non-hydrogen) atoms. The number of halogens is 4. The maximum absolute atomic E-state index is 13.3. The molecule has 0 unspecified atom stereocenters. The summed E-state index contributed by atoms with van der Waals surface area (Å²) in [5, 5.41) is 2.82. The summed E-state index contributed by atoms with van der Waals surface area (Å²) in [6, 6.07) is 14.2. The van der Waals surface area contributed by atoms with Crippen molar-refractivity contribution in [3.8, 4) is 0 Å². The topological polar surface area (TPSA) is 50.3 Å². The second-order valence-corrected chi connectivity index (χ2v) is 7.09. The normalized spacial score (nSPS) is 16.9. The van der Waals surface area contributed by atoms with Crippen molar-refractivity contribution in [3.63, 3.8) is 0 Å². The summed E-state index contributed by atoms with van der Waals surface area (Å²) >= 11 is 0. The first-order valence-electron chi connectivity index (χ1n) is 9.74. The highest BCUT2D eigenvalue weighted by atomic mass is 19.4. The first-order chi connectivity index (χ1) is 14.9.